The summed E-state index contributed by atoms with van der Waals surface area (Å²) in [5.41, 5.74) is 3.65. The Morgan fingerprint density at radius 3 is 2.55 bits per heavy atom. The highest BCUT2D eigenvalue weighted by Gasteiger charge is 2.16. The van der Waals surface area contributed by atoms with E-state index < -0.39 is 0 Å². The maximum Gasteiger partial charge on any atom is 0.108 e. The summed E-state index contributed by atoms with van der Waals surface area (Å²) in [5, 5.41) is 0. The third-order valence-corrected chi connectivity index (χ3v) is 3.77. The topological polar surface area (TPSA) is 27.1 Å². The second-order valence-corrected chi connectivity index (χ2v) is 5.32. The summed E-state index contributed by atoms with van der Waals surface area (Å²) in [6.07, 6.45) is 5.52. The molecule has 0 N–H and O–H groups in total. The van der Waals surface area contributed by atoms with E-state index in [1.54, 1.807) is 6.20 Å². The first-order valence-electron chi connectivity index (χ1n) is 7.52. The zero-order valence-corrected chi connectivity index (χ0v) is 12.7. The van der Waals surface area contributed by atoms with E-state index in [2.05, 4.69) is 60.4 Å². The Labute approximate surface area is 131 Å². The highest BCUT2D eigenvalue weighted by molar-refractivity contribution is 5.35. The fourth-order valence-electron chi connectivity index (χ4n) is 2.57. The maximum absolute atomic E-state index is 6.22. The van der Waals surface area contributed by atoms with Crippen LogP contribution < -0.4 is 0 Å². The van der Waals surface area contributed by atoms with Gasteiger partial charge in [0.05, 0.1) is 12.9 Å². The van der Waals surface area contributed by atoms with Crippen LogP contribution in [0.15, 0.2) is 73.3 Å². The standard InChI is InChI=1S/C19H20N2O/c1-16-7-5-6-10-18(16)19(17-8-3-2-4-9-17)22-14-13-21-12-11-20-15-21/h2-12,15,19H,13-14H2,1H3. The summed E-state index contributed by atoms with van der Waals surface area (Å²) in [5.74, 6) is 0. The molecule has 0 aliphatic carbocycles. The number of hydrogen-bond acceptors (Lipinski definition) is 2. The molecule has 0 aliphatic rings. The lowest BCUT2D eigenvalue weighted by atomic mass is 9.97. The molecule has 3 aromatic rings. The molecule has 2 aromatic carbocycles. The first-order valence-corrected chi connectivity index (χ1v) is 7.52. The van der Waals surface area contributed by atoms with E-state index in [-0.39, 0.29) is 6.10 Å². The predicted molar refractivity (Wildman–Crippen MR) is 87.6 cm³/mol. The molecule has 0 amide bonds. The maximum atomic E-state index is 6.22. The van der Waals surface area contributed by atoms with Crippen molar-refractivity contribution in [3.63, 3.8) is 0 Å². The highest BCUT2D eigenvalue weighted by atomic mass is 16.5. The van der Waals surface area contributed by atoms with Crippen LogP contribution in [0.2, 0.25) is 0 Å². The van der Waals surface area contributed by atoms with E-state index >= 15 is 0 Å². The summed E-state index contributed by atoms with van der Waals surface area (Å²) in [6, 6.07) is 18.8. The minimum Gasteiger partial charge on any atom is -0.367 e. The van der Waals surface area contributed by atoms with Gasteiger partial charge >= 0.3 is 0 Å². The van der Waals surface area contributed by atoms with Gasteiger partial charge in [-0.05, 0) is 23.6 Å². The number of benzene rings is 2. The SMILES string of the molecule is Cc1ccccc1C(OCCn1ccnc1)c1ccccc1. The van der Waals surface area contributed by atoms with E-state index in [4.69, 9.17) is 4.74 Å². The molecule has 3 rings (SSSR count). The molecule has 0 aliphatic heterocycles. The van der Waals surface area contributed by atoms with Crippen LogP contribution in [0.25, 0.3) is 0 Å². The molecule has 1 heterocycles. The van der Waals surface area contributed by atoms with Crippen molar-refractivity contribution in [3.8, 4) is 0 Å². The fraction of sp³-hybridized carbons (Fsp3) is 0.211. The Hall–Kier alpha value is -2.39. The summed E-state index contributed by atoms with van der Waals surface area (Å²) in [6.45, 7) is 3.57. The molecule has 112 valence electrons. The zero-order valence-electron chi connectivity index (χ0n) is 12.7. The lowest BCUT2D eigenvalue weighted by molar-refractivity contribution is 0.0734. The minimum atomic E-state index is -0.0362. The number of hydrogen-bond donors (Lipinski definition) is 0. The molecule has 1 aromatic heterocycles. The van der Waals surface area contributed by atoms with Crippen LogP contribution >= 0.6 is 0 Å². The molecule has 0 bridgehead atoms. The summed E-state index contributed by atoms with van der Waals surface area (Å²) in [7, 11) is 0. The van der Waals surface area contributed by atoms with Crippen molar-refractivity contribution in [2.45, 2.75) is 19.6 Å². The molecule has 0 fully saturated rings. The highest BCUT2D eigenvalue weighted by Crippen LogP contribution is 2.28. The van der Waals surface area contributed by atoms with Crippen LogP contribution in [-0.2, 0) is 11.3 Å². The minimum absolute atomic E-state index is 0.0362. The number of aryl methyl sites for hydroxylation is 1. The number of ether oxygens (including phenoxy) is 1. The quantitative estimate of drug-likeness (QED) is 0.686. The molecule has 22 heavy (non-hydrogen) atoms. The van der Waals surface area contributed by atoms with Crippen LogP contribution in [0.5, 0.6) is 0 Å². The number of imidazole rings is 1. The average Bonchev–Trinajstić information content (AvgIpc) is 3.07. The normalized spacial score (nSPS) is 12.2. The van der Waals surface area contributed by atoms with Gasteiger partial charge in [-0.1, -0.05) is 54.6 Å². The molecular weight excluding hydrogens is 272 g/mol. The second-order valence-electron chi connectivity index (χ2n) is 5.32. The number of nitrogens with zero attached hydrogens (tertiary/aromatic N) is 2. The van der Waals surface area contributed by atoms with Crippen molar-refractivity contribution in [1.29, 1.82) is 0 Å². The molecular formula is C19H20N2O. The van der Waals surface area contributed by atoms with Crippen molar-refractivity contribution in [3.05, 3.63) is 90.0 Å². The monoisotopic (exact) mass is 292 g/mol. The third-order valence-electron chi connectivity index (χ3n) is 3.77. The first-order chi connectivity index (χ1) is 10.8. The Kier molecular flexibility index (Phi) is 4.66. The van der Waals surface area contributed by atoms with E-state index in [0.29, 0.717) is 6.61 Å². The van der Waals surface area contributed by atoms with Gasteiger partial charge in [-0.15, -0.1) is 0 Å². The largest absolute Gasteiger partial charge is 0.367 e. The van der Waals surface area contributed by atoms with Crippen molar-refractivity contribution >= 4 is 0 Å². The van der Waals surface area contributed by atoms with Crippen molar-refractivity contribution < 1.29 is 4.74 Å². The molecule has 0 spiro atoms. The number of aromatic nitrogens is 2. The van der Waals surface area contributed by atoms with Gasteiger partial charge in [0.2, 0.25) is 0 Å². The van der Waals surface area contributed by atoms with Crippen molar-refractivity contribution in [2.24, 2.45) is 0 Å². The van der Waals surface area contributed by atoms with Gasteiger partial charge in [0.25, 0.3) is 0 Å². The van der Waals surface area contributed by atoms with Crippen molar-refractivity contribution in [1.82, 2.24) is 9.55 Å². The first kappa shape index (κ1) is 14.5. The lowest BCUT2D eigenvalue weighted by Gasteiger charge is -2.21. The molecule has 3 heteroatoms. The van der Waals surface area contributed by atoms with Gasteiger partial charge in [-0.2, -0.15) is 0 Å². The van der Waals surface area contributed by atoms with E-state index in [9.17, 15) is 0 Å². The molecule has 0 saturated heterocycles. The Morgan fingerprint density at radius 1 is 1.05 bits per heavy atom. The Balaban J connectivity index is 1.79. The Morgan fingerprint density at radius 2 is 1.82 bits per heavy atom. The van der Waals surface area contributed by atoms with Crippen LogP contribution in [0, 0.1) is 6.92 Å². The molecule has 0 radical (unpaired) electrons. The van der Waals surface area contributed by atoms with Gasteiger partial charge in [-0.3, -0.25) is 0 Å². The van der Waals surface area contributed by atoms with Crippen LogP contribution in [0.4, 0.5) is 0 Å². The Bertz CT molecular complexity index is 692. The fourth-order valence-corrected chi connectivity index (χ4v) is 2.57. The van der Waals surface area contributed by atoms with Crippen LogP contribution in [0.3, 0.4) is 0 Å². The van der Waals surface area contributed by atoms with Gasteiger partial charge in [-0.25, -0.2) is 4.98 Å². The third kappa shape index (κ3) is 3.43. The van der Waals surface area contributed by atoms with Gasteiger partial charge < -0.3 is 9.30 Å². The molecule has 0 saturated carbocycles. The van der Waals surface area contributed by atoms with Crippen LogP contribution in [-0.4, -0.2) is 16.2 Å². The smallest absolute Gasteiger partial charge is 0.108 e. The predicted octanol–water partition coefficient (Wildman–Crippen LogP) is 4.00. The van der Waals surface area contributed by atoms with E-state index in [1.165, 1.54) is 16.7 Å². The number of rotatable bonds is 6. The van der Waals surface area contributed by atoms with Crippen LogP contribution in [0.1, 0.15) is 22.8 Å². The van der Waals surface area contributed by atoms with E-state index in [1.807, 2.05) is 23.2 Å². The zero-order chi connectivity index (χ0) is 15.2. The van der Waals surface area contributed by atoms with Gasteiger partial charge in [0, 0.05) is 18.9 Å². The molecule has 1 atom stereocenters. The lowest BCUT2D eigenvalue weighted by Crippen LogP contribution is -2.12. The van der Waals surface area contributed by atoms with E-state index in [0.717, 1.165) is 6.54 Å². The summed E-state index contributed by atoms with van der Waals surface area (Å²) >= 11 is 0. The van der Waals surface area contributed by atoms with Crippen molar-refractivity contribution in [2.75, 3.05) is 6.61 Å². The molecule has 3 nitrogen and oxygen atoms in total. The average molecular weight is 292 g/mol. The van der Waals surface area contributed by atoms with Gasteiger partial charge in [0.15, 0.2) is 0 Å². The van der Waals surface area contributed by atoms with Gasteiger partial charge in [0.1, 0.15) is 6.10 Å². The second kappa shape index (κ2) is 7.05. The molecule has 1 unspecified atom stereocenters. The summed E-state index contributed by atoms with van der Waals surface area (Å²) in [4.78, 5) is 4.06. The summed E-state index contributed by atoms with van der Waals surface area (Å²) < 4.78 is 8.25.